The van der Waals surface area contributed by atoms with Gasteiger partial charge < -0.3 is 0 Å². The number of benzene rings is 3. The van der Waals surface area contributed by atoms with Crippen LogP contribution in [0, 0.1) is 0 Å². The third-order valence-electron chi connectivity index (χ3n) is 4.43. The van der Waals surface area contributed by atoms with Gasteiger partial charge in [0.2, 0.25) is 0 Å². The first-order valence-corrected chi connectivity index (χ1v) is 7.66. The maximum absolute atomic E-state index is 2.31. The molecule has 102 valence electrons. The normalized spacial score (nSPS) is 14.0. The molecule has 0 amide bonds. The molecular formula is C21H18. The maximum Gasteiger partial charge on any atom is -0.0132 e. The molecule has 0 N–H and O–H groups in total. The topological polar surface area (TPSA) is 0 Å². The third kappa shape index (κ3) is 2.27. The van der Waals surface area contributed by atoms with E-state index in [9.17, 15) is 0 Å². The number of hydrogen-bond donors (Lipinski definition) is 0. The second kappa shape index (κ2) is 5.21. The quantitative estimate of drug-likeness (QED) is 0.527. The molecule has 0 radical (unpaired) electrons. The van der Waals surface area contributed by atoms with Crippen molar-refractivity contribution in [3.63, 3.8) is 0 Å². The molecule has 4 rings (SSSR count). The van der Waals surface area contributed by atoms with E-state index in [4.69, 9.17) is 0 Å². The van der Waals surface area contributed by atoms with Crippen molar-refractivity contribution in [2.45, 2.75) is 19.3 Å². The minimum absolute atomic E-state index is 1.12. The Hall–Kier alpha value is -2.34. The summed E-state index contributed by atoms with van der Waals surface area (Å²) in [5, 5.41) is 5.51. The second-order valence-corrected chi connectivity index (χ2v) is 5.75. The smallest absolute Gasteiger partial charge is 0.0132 e. The average molecular weight is 270 g/mol. The van der Waals surface area contributed by atoms with Crippen LogP contribution in [0.4, 0.5) is 0 Å². The summed E-state index contributed by atoms with van der Waals surface area (Å²) >= 11 is 0. The van der Waals surface area contributed by atoms with Gasteiger partial charge in [-0.15, -0.1) is 0 Å². The molecule has 3 aromatic carbocycles. The van der Waals surface area contributed by atoms with Gasteiger partial charge in [-0.25, -0.2) is 0 Å². The molecule has 21 heavy (non-hydrogen) atoms. The molecule has 0 fully saturated rings. The van der Waals surface area contributed by atoms with Crippen LogP contribution in [0.3, 0.4) is 0 Å². The molecule has 0 heterocycles. The zero-order valence-electron chi connectivity index (χ0n) is 12.0. The number of fused-ring (bicyclic) bond motifs is 2. The van der Waals surface area contributed by atoms with Crippen molar-refractivity contribution in [2.24, 2.45) is 0 Å². The Morgan fingerprint density at radius 1 is 0.762 bits per heavy atom. The highest BCUT2D eigenvalue weighted by Gasteiger charge is 2.08. The molecule has 0 atom stereocenters. The van der Waals surface area contributed by atoms with Crippen molar-refractivity contribution in [1.82, 2.24) is 0 Å². The molecule has 0 nitrogen and oxygen atoms in total. The standard InChI is InChI=1S/C21H18/c1-2-8-16(7-1)13-14-21-19-11-5-3-9-17(19)15-18-10-4-6-12-20(18)21/h1-7,9-12,15H,8,13-14H2. The Kier molecular flexibility index (Phi) is 3.08. The third-order valence-corrected chi connectivity index (χ3v) is 4.43. The monoisotopic (exact) mass is 270 g/mol. The van der Waals surface area contributed by atoms with Gasteiger partial charge in [-0.05, 0) is 52.4 Å². The zero-order valence-corrected chi connectivity index (χ0v) is 12.0. The number of hydrogen-bond acceptors (Lipinski definition) is 0. The Balaban J connectivity index is 1.85. The Morgan fingerprint density at radius 3 is 2.05 bits per heavy atom. The molecule has 0 unspecified atom stereocenters. The van der Waals surface area contributed by atoms with Crippen molar-refractivity contribution < 1.29 is 0 Å². The fourth-order valence-electron chi connectivity index (χ4n) is 3.34. The van der Waals surface area contributed by atoms with Gasteiger partial charge in [0.15, 0.2) is 0 Å². The highest BCUT2D eigenvalue weighted by Crippen LogP contribution is 2.30. The van der Waals surface area contributed by atoms with Crippen LogP contribution >= 0.6 is 0 Å². The first-order chi connectivity index (χ1) is 10.4. The van der Waals surface area contributed by atoms with Crippen LogP contribution in [0.5, 0.6) is 0 Å². The van der Waals surface area contributed by atoms with E-state index in [0.29, 0.717) is 0 Å². The van der Waals surface area contributed by atoms with Crippen molar-refractivity contribution >= 4 is 21.5 Å². The minimum Gasteiger partial charge on any atom is -0.0805 e. The van der Waals surface area contributed by atoms with Crippen LogP contribution < -0.4 is 0 Å². The lowest BCUT2D eigenvalue weighted by molar-refractivity contribution is 0.932. The van der Waals surface area contributed by atoms with Crippen LogP contribution in [0.1, 0.15) is 18.4 Å². The van der Waals surface area contributed by atoms with Gasteiger partial charge in [0, 0.05) is 0 Å². The van der Waals surface area contributed by atoms with Crippen molar-refractivity contribution in [3.8, 4) is 0 Å². The van der Waals surface area contributed by atoms with Gasteiger partial charge in [-0.2, -0.15) is 0 Å². The minimum atomic E-state index is 1.12. The molecule has 0 saturated heterocycles. The van der Waals surface area contributed by atoms with Crippen molar-refractivity contribution in [2.75, 3.05) is 0 Å². The van der Waals surface area contributed by atoms with Crippen LogP contribution in [0.2, 0.25) is 0 Å². The number of allylic oxidation sites excluding steroid dienone is 4. The zero-order chi connectivity index (χ0) is 14.1. The Bertz CT molecular complexity index is 811. The van der Waals surface area contributed by atoms with E-state index >= 15 is 0 Å². The maximum atomic E-state index is 2.31. The molecule has 1 aliphatic rings. The lowest BCUT2D eigenvalue weighted by atomic mass is 9.92. The van der Waals surface area contributed by atoms with Crippen LogP contribution in [0.25, 0.3) is 21.5 Å². The van der Waals surface area contributed by atoms with Gasteiger partial charge in [0.05, 0.1) is 0 Å². The first kappa shape index (κ1) is 12.4. The highest BCUT2D eigenvalue weighted by molar-refractivity contribution is 6.02. The van der Waals surface area contributed by atoms with E-state index in [-0.39, 0.29) is 0 Å². The average Bonchev–Trinajstić information content (AvgIpc) is 3.05. The Morgan fingerprint density at radius 2 is 1.43 bits per heavy atom. The molecule has 0 aromatic heterocycles. The summed E-state index contributed by atoms with van der Waals surface area (Å²) in [6.45, 7) is 0. The summed E-state index contributed by atoms with van der Waals surface area (Å²) in [6.07, 6.45) is 10.1. The van der Waals surface area contributed by atoms with Gasteiger partial charge >= 0.3 is 0 Å². The van der Waals surface area contributed by atoms with Gasteiger partial charge in [-0.1, -0.05) is 72.3 Å². The molecule has 0 spiro atoms. The Labute approximate surface area is 125 Å². The van der Waals surface area contributed by atoms with Crippen LogP contribution in [-0.4, -0.2) is 0 Å². The summed E-state index contributed by atoms with van der Waals surface area (Å²) in [4.78, 5) is 0. The van der Waals surface area contributed by atoms with E-state index in [1.807, 2.05) is 0 Å². The van der Waals surface area contributed by atoms with Gasteiger partial charge in [0.1, 0.15) is 0 Å². The SMILES string of the molecule is C1=CCC(CCc2c3ccccc3cc3ccccc23)=C1. The predicted octanol–water partition coefficient (Wildman–Crippen LogP) is 5.81. The van der Waals surface area contributed by atoms with Gasteiger partial charge in [0.25, 0.3) is 0 Å². The van der Waals surface area contributed by atoms with Crippen molar-refractivity contribution in [3.05, 3.63) is 84.0 Å². The molecule has 3 aromatic rings. The summed E-state index contributed by atoms with van der Waals surface area (Å²) in [6, 6.07) is 19.8. The summed E-state index contributed by atoms with van der Waals surface area (Å²) in [5.41, 5.74) is 3.04. The van der Waals surface area contributed by atoms with Crippen LogP contribution in [-0.2, 0) is 6.42 Å². The van der Waals surface area contributed by atoms with Crippen LogP contribution in [0.15, 0.2) is 78.4 Å². The molecule has 0 aliphatic heterocycles. The van der Waals surface area contributed by atoms with E-state index < -0.39 is 0 Å². The second-order valence-electron chi connectivity index (χ2n) is 5.75. The van der Waals surface area contributed by atoms with E-state index in [1.165, 1.54) is 27.1 Å². The summed E-state index contributed by atoms with van der Waals surface area (Å²) < 4.78 is 0. The molecule has 1 aliphatic carbocycles. The lowest BCUT2D eigenvalue weighted by Crippen LogP contribution is -1.92. The number of rotatable bonds is 3. The van der Waals surface area contributed by atoms with E-state index in [0.717, 1.165) is 19.3 Å². The van der Waals surface area contributed by atoms with Crippen molar-refractivity contribution in [1.29, 1.82) is 0 Å². The largest absolute Gasteiger partial charge is 0.0805 e. The van der Waals surface area contributed by atoms with E-state index in [1.54, 1.807) is 5.57 Å². The van der Waals surface area contributed by atoms with E-state index in [2.05, 4.69) is 72.8 Å². The number of aryl methyl sites for hydroxylation is 1. The predicted molar refractivity (Wildman–Crippen MR) is 91.6 cm³/mol. The summed E-state index contributed by atoms with van der Waals surface area (Å²) in [7, 11) is 0. The first-order valence-electron chi connectivity index (χ1n) is 7.66. The molecule has 0 saturated carbocycles. The fraction of sp³-hybridized carbons (Fsp3) is 0.143. The highest BCUT2D eigenvalue weighted by atomic mass is 14.1. The lowest BCUT2D eigenvalue weighted by Gasteiger charge is -2.12. The van der Waals surface area contributed by atoms with Gasteiger partial charge in [-0.3, -0.25) is 0 Å². The molecule has 0 bridgehead atoms. The summed E-state index contributed by atoms with van der Waals surface area (Å²) in [5.74, 6) is 0. The fourth-order valence-corrected chi connectivity index (χ4v) is 3.34. The molecule has 0 heteroatoms. The molecular weight excluding hydrogens is 252 g/mol.